The van der Waals surface area contributed by atoms with Gasteiger partial charge in [-0.15, -0.1) is 0 Å². The molecule has 3 heterocycles. The Morgan fingerprint density at radius 3 is 2.88 bits per heavy atom. The molecule has 6 heteroatoms. The number of carbonyl (C=O) groups is 1. The number of likely N-dealkylation sites (tertiary alicyclic amines) is 1. The van der Waals surface area contributed by atoms with Gasteiger partial charge in [-0.1, -0.05) is 12.1 Å². The summed E-state index contributed by atoms with van der Waals surface area (Å²) < 4.78 is 13.2. The molecule has 25 heavy (non-hydrogen) atoms. The van der Waals surface area contributed by atoms with Crippen LogP contribution in [0.2, 0.25) is 0 Å². The van der Waals surface area contributed by atoms with Crippen LogP contribution in [0.1, 0.15) is 46.9 Å². The first kappa shape index (κ1) is 15.7. The van der Waals surface area contributed by atoms with Gasteiger partial charge in [0.1, 0.15) is 5.82 Å². The van der Waals surface area contributed by atoms with Crippen LogP contribution in [-0.2, 0) is 0 Å². The molecule has 0 bridgehead atoms. The van der Waals surface area contributed by atoms with Crippen molar-refractivity contribution < 1.29 is 9.18 Å². The second-order valence-corrected chi connectivity index (χ2v) is 6.51. The summed E-state index contributed by atoms with van der Waals surface area (Å²) in [4.78, 5) is 19.3. The Kier molecular flexibility index (Phi) is 3.95. The van der Waals surface area contributed by atoms with E-state index < -0.39 is 0 Å². The molecule has 4 rings (SSSR count). The van der Waals surface area contributed by atoms with Crippen molar-refractivity contribution in [2.75, 3.05) is 6.54 Å². The number of benzene rings is 1. The number of fused-ring (bicyclic) bond motifs is 1. The molecule has 1 amide bonds. The molecule has 2 aromatic heterocycles. The predicted molar refractivity (Wildman–Crippen MR) is 92.7 cm³/mol. The van der Waals surface area contributed by atoms with Gasteiger partial charge in [0.2, 0.25) is 0 Å². The minimum Gasteiger partial charge on any atom is -0.332 e. The molecule has 1 aliphatic heterocycles. The Bertz CT molecular complexity index is 919. The van der Waals surface area contributed by atoms with Gasteiger partial charge in [-0.2, -0.15) is 5.10 Å². The minimum atomic E-state index is -0.262. The smallest absolute Gasteiger partial charge is 0.255 e. The zero-order chi connectivity index (χ0) is 17.4. The first-order chi connectivity index (χ1) is 12.1. The van der Waals surface area contributed by atoms with Crippen LogP contribution in [0, 0.1) is 12.7 Å². The second-order valence-electron chi connectivity index (χ2n) is 6.51. The van der Waals surface area contributed by atoms with Crippen molar-refractivity contribution in [1.29, 1.82) is 0 Å². The van der Waals surface area contributed by atoms with E-state index in [1.54, 1.807) is 18.3 Å². The van der Waals surface area contributed by atoms with E-state index in [4.69, 9.17) is 0 Å². The lowest BCUT2D eigenvalue weighted by Gasteiger charge is -2.36. The molecule has 5 nitrogen and oxygen atoms in total. The van der Waals surface area contributed by atoms with Gasteiger partial charge in [-0.25, -0.2) is 9.37 Å². The standard InChI is InChI=1S/C19H19FN4O/c1-12-16-10-14(11-21-18(16)23-22-12)19(25)24-9-3-2-4-17(24)13-5-7-15(20)8-6-13/h5-8,10-11,17H,2-4,9H2,1H3,(H,21,22,23)/t17-/m0/s1. The molecule has 1 atom stereocenters. The summed E-state index contributed by atoms with van der Waals surface area (Å²) in [7, 11) is 0. The summed E-state index contributed by atoms with van der Waals surface area (Å²) in [6, 6.07) is 8.27. The number of H-pyrrole nitrogens is 1. The summed E-state index contributed by atoms with van der Waals surface area (Å²) in [5, 5.41) is 7.86. The van der Waals surface area contributed by atoms with Crippen LogP contribution in [0.15, 0.2) is 36.5 Å². The minimum absolute atomic E-state index is 0.0250. The fourth-order valence-corrected chi connectivity index (χ4v) is 3.51. The van der Waals surface area contributed by atoms with Crippen molar-refractivity contribution in [3.05, 3.63) is 59.2 Å². The largest absolute Gasteiger partial charge is 0.332 e. The highest BCUT2D eigenvalue weighted by molar-refractivity contribution is 5.97. The van der Waals surface area contributed by atoms with Gasteiger partial charge in [-0.05, 0) is 49.9 Å². The van der Waals surface area contributed by atoms with E-state index >= 15 is 0 Å². The number of rotatable bonds is 2. The van der Waals surface area contributed by atoms with E-state index in [-0.39, 0.29) is 17.8 Å². The van der Waals surface area contributed by atoms with Crippen LogP contribution in [0.5, 0.6) is 0 Å². The number of hydrogen-bond acceptors (Lipinski definition) is 3. The molecule has 1 N–H and O–H groups in total. The number of amides is 1. The van der Waals surface area contributed by atoms with Crippen LogP contribution < -0.4 is 0 Å². The van der Waals surface area contributed by atoms with Crippen LogP contribution in [-0.4, -0.2) is 32.5 Å². The van der Waals surface area contributed by atoms with Gasteiger partial charge >= 0.3 is 0 Å². The molecule has 1 aromatic carbocycles. The van der Waals surface area contributed by atoms with Crippen molar-refractivity contribution in [3.8, 4) is 0 Å². The Morgan fingerprint density at radius 2 is 2.08 bits per heavy atom. The van der Waals surface area contributed by atoms with E-state index in [1.807, 2.05) is 17.9 Å². The van der Waals surface area contributed by atoms with Crippen molar-refractivity contribution in [3.63, 3.8) is 0 Å². The summed E-state index contributed by atoms with van der Waals surface area (Å²) in [5.74, 6) is -0.299. The number of pyridine rings is 1. The van der Waals surface area contributed by atoms with Crippen LogP contribution in [0.3, 0.4) is 0 Å². The first-order valence-corrected chi connectivity index (χ1v) is 8.50. The first-order valence-electron chi connectivity index (χ1n) is 8.50. The van der Waals surface area contributed by atoms with E-state index in [1.165, 1.54) is 12.1 Å². The van der Waals surface area contributed by atoms with Crippen LogP contribution in [0.25, 0.3) is 11.0 Å². The lowest BCUT2D eigenvalue weighted by atomic mass is 9.94. The number of halogens is 1. The monoisotopic (exact) mass is 338 g/mol. The van der Waals surface area contributed by atoms with Gasteiger partial charge < -0.3 is 4.90 Å². The molecular formula is C19H19FN4O. The van der Waals surface area contributed by atoms with Crippen LogP contribution in [0.4, 0.5) is 4.39 Å². The number of nitrogens with zero attached hydrogens (tertiary/aromatic N) is 3. The van der Waals surface area contributed by atoms with Gasteiger partial charge in [0.25, 0.3) is 5.91 Å². The lowest BCUT2D eigenvalue weighted by Crippen LogP contribution is -2.38. The average molecular weight is 338 g/mol. The Balaban J connectivity index is 1.67. The number of aryl methyl sites for hydroxylation is 1. The van der Waals surface area contributed by atoms with Crippen molar-refractivity contribution in [2.24, 2.45) is 0 Å². The summed E-state index contributed by atoms with van der Waals surface area (Å²) >= 11 is 0. The highest BCUT2D eigenvalue weighted by Gasteiger charge is 2.29. The zero-order valence-corrected chi connectivity index (χ0v) is 14.0. The van der Waals surface area contributed by atoms with E-state index in [0.29, 0.717) is 17.8 Å². The molecule has 0 unspecified atom stereocenters. The van der Waals surface area contributed by atoms with Gasteiger partial charge in [0.05, 0.1) is 11.6 Å². The maximum absolute atomic E-state index is 13.2. The van der Waals surface area contributed by atoms with E-state index in [0.717, 1.165) is 35.9 Å². The van der Waals surface area contributed by atoms with Gasteiger partial charge in [0.15, 0.2) is 5.65 Å². The average Bonchev–Trinajstić information content (AvgIpc) is 3.02. The summed E-state index contributed by atoms with van der Waals surface area (Å²) in [6.45, 7) is 2.61. The molecule has 0 aliphatic carbocycles. The summed E-state index contributed by atoms with van der Waals surface area (Å²) in [5.41, 5.74) is 3.04. The predicted octanol–water partition coefficient (Wildman–Crippen LogP) is 3.77. The fourth-order valence-electron chi connectivity index (χ4n) is 3.51. The normalized spacial score (nSPS) is 17.8. The van der Waals surface area contributed by atoms with Crippen LogP contribution >= 0.6 is 0 Å². The van der Waals surface area contributed by atoms with Gasteiger partial charge in [0, 0.05) is 23.8 Å². The third-order valence-electron chi connectivity index (χ3n) is 4.87. The maximum Gasteiger partial charge on any atom is 0.255 e. The number of aromatic amines is 1. The maximum atomic E-state index is 13.2. The fraction of sp³-hybridized carbons (Fsp3) is 0.316. The van der Waals surface area contributed by atoms with Crippen molar-refractivity contribution in [2.45, 2.75) is 32.2 Å². The number of nitrogens with one attached hydrogen (secondary N) is 1. The van der Waals surface area contributed by atoms with E-state index in [9.17, 15) is 9.18 Å². The molecular weight excluding hydrogens is 319 g/mol. The lowest BCUT2D eigenvalue weighted by molar-refractivity contribution is 0.0611. The topological polar surface area (TPSA) is 61.9 Å². The highest BCUT2D eigenvalue weighted by atomic mass is 19.1. The highest BCUT2D eigenvalue weighted by Crippen LogP contribution is 2.32. The number of hydrogen-bond donors (Lipinski definition) is 1. The number of piperidine rings is 1. The molecule has 0 spiro atoms. The molecule has 1 saturated heterocycles. The number of aromatic nitrogens is 3. The second kappa shape index (κ2) is 6.27. The molecule has 1 fully saturated rings. The van der Waals surface area contributed by atoms with E-state index in [2.05, 4.69) is 15.2 Å². The number of carbonyl (C=O) groups excluding carboxylic acids is 1. The molecule has 0 radical (unpaired) electrons. The van der Waals surface area contributed by atoms with Crippen molar-refractivity contribution >= 4 is 16.9 Å². The SMILES string of the molecule is Cc1[nH]nc2ncc(C(=O)N3CCCC[C@H]3c3ccc(F)cc3)cc12. The quantitative estimate of drug-likeness (QED) is 0.773. The molecule has 1 aliphatic rings. The zero-order valence-electron chi connectivity index (χ0n) is 14.0. The molecule has 0 saturated carbocycles. The van der Waals surface area contributed by atoms with Crippen molar-refractivity contribution in [1.82, 2.24) is 20.1 Å². The Hall–Kier alpha value is -2.76. The Labute approximate surface area is 144 Å². The Morgan fingerprint density at radius 1 is 1.28 bits per heavy atom. The summed E-state index contributed by atoms with van der Waals surface area (Å²) in [6.07, 6.45) is 4.51. The third-order valence-corrected chi connectivity index (χ3v) is 4.87. The van der Waals surface area contributed by atoms with Gasteiger partial charge in [-0.3, -0.25) is 9.89 Å². The third kappa shape index (κ3) is 2.88. The molecule has 3 aromatic rings. The molecule has 128 valence electrons.